The maximum Gasteiger partial charge on any atom is 0.338 e. The van der Waals surface area contributed by atoms with Crippen molar-refractivity contribution in [2.45, 2.75) is 26.5 Å². The number of esters is 1. The molecule has 0 N–H and O–H groups in total. The van der Waals surface area contributed by atoms with Crippen molar-refractivity contribution in [3.63, 3.8) is 0 Å². The predicted molar refractivity (Wildman–Crippen MR) is 167 cm³/mol. The lowest BCUT2D eigenvalue weighted by molar-refractivity contribution is -0.140. The normalized spacial score (nSPS) is 14.7. The number of carbonyl (C=O) groups is 1. The van der Waals surface area contributed by atoms with E-state index in [4.69, 9.17) is 30.5 Å². The fourth-order valence-corrected chi connectivity index (χ4v) is 6.02. The van der Waals surface area contributed by atoms with Crippen LogP contribution in [-0.4, -0.2) is 38.0 Å². The van der Waals surface area contributed by atoms with Gasteiger partial charge in [-0.05, 0) is 60.9 Å². The minimum atomic E-state index is -0.738. The summed E-state index contributed by atoms with van der Waals surface area (Å²) >= 11 is 7.40. The second-order valence-corrected chi connectivity index (χ2v) is 11.4. The summed E-state index contributed by atoms with van der Waals surface area (Å²) in [5.41, 5.74) is 4.16. The monoisotopic (exact) mass is 618 g/mol. The Balaban J connectivity index is 1.52. The Labute approximate surface area is 258 Å². The van der Waals surface area contributed by atoms with E-state index in [-0.39, 0.29) is 24.3 Å². The van der Waals surface area contributed by atoms with Crippen LogP contribution in [0.2, 0.25) is 5.02 Å². The molecule has 2 heterocycles. The van der Waals surface area contributed by atoms with Gasteiger partial charge in [-0.1, -0.05) is 71.0 Å². The lowest BCUT2D eigenvalue weighted by atomic mass is 9.96. The molecule has 222 valence electrons. The van der Waals surface area contributed by atoms with Gasteiger partial charge in [-0.3, -0.25) is 9.36 Å². The van der Waals surface area contributed by atoms with Crippen LogP contribution in [0.15, 0.2) is 87.8 Å². The molecule has 0 saturated carbocycles. The Morgan fingerprint density at radius 1 is 1.02 bits per heavy atom. The lowest BCUT2D eigenvalue weighted by Gasteiger charge is -2.24. The van der Waals surface area contributed by atoms with E-state index in [0.29, 0.717) is 43.7 Å². The number of hydrogen-bond donors (Lipinski definition) is 0. The Kier molecular flexibility index (Phi) is 9.45. The smallest absolute Gasteiger partial charge is 0.338 e. The molecule has 1 aromatic heterocycles. The second kappa shape index (κ2) is 13.4. The van der Waals surface area contributed by atoms with Crippen LogP contribution in [-0.2, 0) is 20.9 Å². The number of methoxy groups -OCH3 is 2. The third-order valence-electron chi connectivity index (χ3n) is 6.91. The van der Waals surface area contributed by atoms with Gasteiger partial charge >= 0.3 is 5.97 Å². The molecule has 8 nitrogen and oxygen atoms in total. The average molecular weight is 619 g/mol. The number of rotatable bonds is 10. The Hall–Kier alpha value is -4.18. The number of aromatic nitrogens is 1. The number of fused-ring (bicyclic) bond motifs is 1. The fraction of sp³-hybridized carbons (Fsp3) is 0.242. The third-order valence-corrected chi connectivity index (χ3v) is 8.15. The highest BCUT2D eigenvalue weighted by Gasteiger charge is 2.33. The van der Waals surface area contributed by atoms with Crippen LogP contribution in [0, 0.1) is 6.92 Å². The number of nitrogens with zero attached hydrogens (tertiary/aromatic N) is 2. The van der Waals surface area contributed by atoms with Crippen molar-refractivity contribution in [1.29, 1.82) is 0 Å². The summed E-state index contributed by atoms with van der Waals surface area (Å²) in [7, 11) is 3.11. The average Bonchev–Trinajstić information content (AvgIpc) is 3.30. The van der Waals surface area contributed by atoms with Crippen molar-refractivity contribution in [1.82, 2.24) is 4.57 Å². The SMILES string of the molecule is COCCOC(=O)C1=C(C)N=c2sc(=Cc3ccc(OCc4cccc(C)c4)c(OC)c3)c(=O)n2C1c1ccc(Cl)cc1. The van der Waals surface area contributed by atoms with Gasteiger partial charge in [-0.2, -0.15) is 0 Å². The van der Waals surface area contributed by atoms with Crippen molar-refractivity contribution in [3.05, 3.63) is 125 Å². The first-order valence-corrected chi connectivity index (χ1v) is 14.8. The molecular weight excluding hydrogens is 588 g/mol. The number of hydrogen-bond acceptors (Lipinski definition) is 8. The van der Waals surface area contributed by atoms with Crippen LogP contribution < -0.4 is 24.4 Å². The number of benzene rings is 3. The van der Waals surface area contributed by atoms with Crippen molar-refractivity contribution < 1.29 is 23.7 Å². The third kappa shape index (κ3) is 6.74. The number of carbonyl (C=O) groups excluding carboxylic acids is 1. The van der Waals surface area contributed by atoms with Gasteiger partial charge in [0.2, 0.25) is 0 Å². The van der Waals surface area contributed by atoms with Crippen molar-refractivity contribution in [2.75, 3.05) is 27.4 Å². The predicted octanol–water partition coefficient (Wildman–Crippen LogP) is 4.97. The molecule has 1 aliphatic heterocycles. The molecule has 0 saturated heterocycles. The maximum atomic E-state index is 13.9. The molecule has 1 unspecified atom stereocenters. The summed E-state index contributed by atoms with van der Waals surface area (Å²) in [6, 6.07) is 19.9. The molecule has 5 rings (SSSR count). The summed E-state index contributed by atoms with van der Waals surface area (Å²) in [6.45, 7) is 4.51. The molecule has 0 bridgehead atoms. The van der Waals surface area contributed by atoms with E-state index in [2.05, 4.69) is 11.1 Å². The molecule has 0 aliphatic carbocycles. The maximum absolute atomic E-state index is 13.9. The van der Waals surface area contributed by atoms with Crippen molar-refractivity contribution in [2.24, 2.45) is 4.99 Å². The van der Waals surface area contributed by atoms with Gasteiger partial charge < -0.3 is 18.9 Å². The zero-order chi connectivity index (χ0) is 30.5. The number of ether oxygens (including phenoxy) is 4. The molecule has 4 aromatic rings. The van der Waals surface area contributed by atoms with Gasteiger partial charge in [0.05, 0.1) is 35.6 Å². The zero-order valence-electron chi connectivity index (χ0n) is 24.3. The molecule has 43 heavy (non-hydrogen) atoms. The first-order valence-electron chi connectivity index (χ1n) is 13.6. The highest BCUT2D eigenvalue weighted by atomic mass is 35.5. The number of allylic oxidation sites excluding steroid dienone is 1. The van der Waals surface area contributed by atoms with E-state index in [9.17, 15) is 9.59 Å². The standard InChI is InChI=1S/C33H31ClN2O6S/c1-20-6-5-7-23(16-20)19-42-26-13-8-22(17-27(26)40-4)18-28-31(37)36-30(24-9-11-25(34)12-10-24)29(21(2)35-33(36)43-28)32(38)41-15-14-39-3/h5-13,16-18,30H,14-15,19H2,1-4H3. The highest BCUT2D eigenvalue weighted by molar-refractivity contribution is 7.07. The minimum absolute atomic E-state index is 0.0798. The van der Waals surface area contributed by atoms with E-state index in [1.54, 1.807) is 44.4 Å². The molecule has 0 radical (unpaired) electrons. The van der Waals surface area contributed by atoms with Gasteiger partial charge in [0.1, 0.15) is 13.2 Å². The largest absolute Gasteiger partial charge is 0.493 e. The van der Waals surface area contributed by atoms with Gasteiger partial charge in [0, 0.05) is 12.1 Å². The van der Waals surface area contributed by atoms with Gasteiger partial charge in [0.15, 0.2) is 16.3 Å². The summed E-state index contributed by atoms with van der Waals surface area (Å²) in [5.74, 6) is 0.585. The topological polar surface area (TPSA) is 88.4 Å². The van der Waals surface area contributed by atoms with Crippen LogP contribution in [0.25, 0.3) is 6.08 Å². The molecule has 1 atom stereocenters. The number of halogens is 1. The number of thiazole rings is 1. The van der Waals surface area contributed by atoms with E-state index in [1.807, 2.05) is 43.3 Å². The van der Waals surface area contributed by atoms with Crippen LogP contribution in [0.5, 0.6) is 11.5 Å². The van der Waals surface area contributed by atoms with E-state index in [0.717, 1.165) is 16.7 Å². The quantitative estimate of drug-likeness (QED) is 0.184. The minimum Gasteiger partial charge on any atom is -0.493 e. The molecule has 0 spiro atoms. The van der Waals surface area contributed by atoms with Gasteiger partial charge in [0.25, 0.3) is 5.56 Å². The van der Waals surface area contributed by atoms with E-state index >= 15 is 0 Å². The van der Waals surface area contributed by atoms with Crippen LogP contribution in [0.1, 0.15) is 35.2 Å². The summed E-state index contributed by atoms with van der Waals surface area (Å²) in [4.78, 5) is 32.3. The molecule has 1 aliphatic rings. The van der Waals surface area contributed by atoms with Crippen molar-refractivity contribution >= 4 is 35.0 Å². The molecular formula is C33H31ClN2O6S. The molecule has 3 aromatic carbocycles. The van der Waals surface area contributed by atoms with E-state index < -0.39 is 12.0 Å². The summed E-state index contributed by atoms with van der Waals surface area (Å²) in [5, 5.41) is 0.543. The zero-order valence-corrected chi connectivity index (χ0v) is 25.8. The van der Waals surface area contributed by atoms with Crippen molar-refractivity contribution in [3.8, 4) is 11.5 Å². The Morgan fingerprint density at radius 3 is 2.53 bits per heavy atom. The van der Waals surface area contributed by atoms with Gasteiger partial charge in [-0.15, -0.1) is 0 Å². The van der Waals surface area contributed by atoms with Crippen LogP contribution >= 0.6 is 22.9 Å². The fourth-order valence-electron chi connectivity index (χ4n) is 4.85. The van der Waals surface area contributed by atoms with Gasteiger partial charge in [-0.25, -0.2) is 9.79 Å². The van der Waals surface area contributed by atoms with Crippen LogP contribution in [0.3, 0.4) is 0 Å². The first kappa shape index (κ1) is 30.3. The Morgan fingerprint density at radius 2 is 1.81 bits per heavy atom. The summed E-state index contributed by atoms with van der Waals surface area (Å²) < 4.78 is 24.1. The lowest BCUT2D eigenvalue weighted by Crippen LogP contribution is -2.40. The van der Waals surface area contributed by atoms with Crippen LogP contribution in [0.4, 0.5) is 0 Å². The molecule has 0 fully saturated rings. The molecule has 0 amide bonds. The second-order valence-electron chi connectivity index (χ2n) is 9.95. The van der Waals surface area contributed by atoms with E-state index in [1.165, 1.54) is 23.0 Å². The number of aryl methyl sites for hydroxylation is 1. The molecule has 10 heteroatoms. The summed E-state index contributed by atoms with van der Waals surface area (Å²) in [6.07, 6.45) is 1.78. The Bertz CT molecular complexity index is 1860. The highest BCUT2D eigenvalue weighted by Crippen LogP contribution is 2.32. The first-order chi connectivity index (χ1) is 20.8.